The lowest BCUT2D eigenvalue weighted by Gasteiger charge is -2.08. The monoisotopic (exact) mass is 350 g/mol. The van der Waals surface area contributed by atoms with E-state index in [1.165, 1.54) is 44.9 Å². The molecule has 0 unspecified atom stereocenters. The van der Waals surface area contributed by atoms with Crippen molar-refractivity contribution in [2.75, 3.05) is 13.2 Å². The zero-order valence-corrected chi connectivity index (χ0v) is 15.7. The third kappa shape index (κ3) is 11.2. The Bertz CT molecular complexity index is 459. The summed E-state index contributed by atoms with van der Waals surface area (Å²) >= 11 is 5.29. The van der Waals surface area contributed by atoms with Gasteiger partial charge in [0.15, 0.2) is 0 Å². The molecule has 0 aliphatic carbocycles. The summed E-state index contributed by atoms with van der Waals surface area (Å²) in [4.78, 5) is 0. The first kappa shape index (κ1) is 20.7. The number of hydrogen-bond acceptors (Lipinski definition) is 2. The molecule has 1 aromatic carbocycles. The summed E-state index contributed by atoms with van der Waals surface area (Å²) in [5.41, 5.74) is 0. The Morgan fingerprint density at radius 2 is 1.25 bits per heavy atom. The first-order valence-corrected chi connectivity index (χ1v) is 9.68. The van der Waals surface area contributed by atoms with Crippen molar-refractivity contribution in [3.05, 3.63) is 24.3 Å². The maximum absolute atomic E-state index is 5.78. The molecule has 0 saturated heterocycles. The number of halogens is 1. The van der Waals surface area contributed by atoms with Crippen LogP contribution in [0.15, 0.2) is 24.3 Å². The lowest BCUT2D eigenvalue weighted by Crippen LogP contribution is -1.99. The summed E-state index contributed by atoms with van der Waals surface area (Å²) in [5, 5.41) is 2.37. The smallest absolute Gasteiger partial charge is 0.119 e. The van der Waals surface area contributed by atoms with Crippen LogP contribution in [0.4, 0.5) is 0 Å². The lowest BCUT2D eigenvalue weighted by molar-refractivity contribution is 0.299. The van der Waals surface area contributed by atoms with Gasteiger partial charge in [0.2, 0.25) is 0 Å². The van der Waals surface area contributed by atoms with Crippen LogP contribution in [-0.2, 0) is 0 Å². The molecule has 2 nitrogen and oxygen atoms in total. The van der Waals surface area contributed by atoms with Crippen molar-refractivity contribution in [1.29, 1.82) is 0 Å². The maximum Gasteiger partial charge on any atom is 0.119 e. The predicted molar refractivity (Wildman–Crippen MR) is 103 cm³/mol. The van der Waals surface area contributed by atoms with Crippen molar-refractivity contribution < 1.29 is 9.47 Å². The van der Waals surface area contributed by atoms with Gasteiger partial charge in [-0.05, 0) is 48.7 Å². The van der Waals surface area contributed by atoms with E-state index in [9.17, 15) is 0 Å². The van der Waals surface area contributed by atoms with Gasteiger partial charge in [0.05, 0.1) is 13.2 Å². The largest absolute Gasteiger partial charge is 0.494 e. The summed E-state index contributed by atoms with van der Waals surface area (Å²) in [6, 6.07) is 7.85. The van der Waals surface area contributed by atoms with E-state index in [1.807, 2.05) is 24.3 Å². The standard InChI is InChI=1S/C21H31ClO2/c1-2-3-4-5-6-7-8-11-18-23-20-13-15-21(16-14-20)24-19-12-9-10-17-22/h13-16H,2-9,11-12,18-19H2,1H3. The molecular formula is C21H31ClO2. The minimum Gasteiger partial charge on any atom is -0.494 e. The fourth-order valence-corrected chi connectivity index (χ4v) is 2.55. The molecule has 24 heavy (non-hydrogen) atoms. The van der Waals surface area contributed by atoms with Crippen molar-refractivity contribution in [3.63, 3.8) is 0 Å². The Labute approximate surface area is 152 Å². The van der Waals surface area contributed by atoms with Crippen LogP contribution < -0.4 is 9.47 Å². The molecule has 0 saturated carbocycles. The highest BCUT2D eigenvalue weighted by molar-refractivity contribution is 6.30. The highest BCUT2D eigenvalue weighted by Gasteiger charge is 1.97. The van der Waals surface area contributed by atoms with Gasteiger partial charge < -0.3 is 9.47 Å². The molecule has 3 heteroatoms. The van der Waals surface area contributed by atoms with Gasteiger partial charge in [-0.1, -0.05) is 57.8 Å². The molecule has 0 aliphatic rings. The number of unbranched alkanes of at least 4 members (excludes halogenated alkanes) is 8. The molecule has 0 bridgehead atoms. The van der Waals surface area contributed by atoms with E-state index in [0.717, 1.165) is 37.4 Å². The Balaban J connectivity index is 2.02. The van der Waals surface area contributed by atoms with Crippen LogP contribution in [0.3, 0.4) is 0 Å². The summed E-state index contributed by atoms with van der Waals surface area (Å²) in [7, 11) is 0. The van der Waals surface area contributed by atoms with E-state index >= 15 is 0 Å². The zero-order chi connectivity index (χ0) is 17.3. The molecule has 0 fully saturated rings. The van der Waals surface area contributed by atoms with Crippen LogP contribution in [0.25, 0.3) is 0 Å². The van der Waals surface area contributed by atoms with E-state index in [-0.39, 0.29) is 0 Å². The van der Waals surface area contributed by atoms with Crippen molar-refractivity contribution >= 4 is 11.6 Å². The Kier molecular flexibility index (Phi) is 13.1. The van der Waals surface area contributed by atoms with Gasteiger partial charge in [0.1, 0.15) is 11.5 Å². The molecule has 0 atom stereocenters. The molecule has 1 rings (SSSR count). The molecular weight excluding hydrogens is 320 g/mol. The summed E-state index contributed by atoms with van der Waals surface area (Å²) in [6.07, 6.45) is 12.2. The van der Waals surface area contributed by atoms with Crippen molar-refractivity contribution in [2.24, 2.45) is 0 Å². The molecule has 134 valence electrons. The van der Waals surface area contributed by atoms with Crippen molar-refractivity contribution in [1.82, 2.24) is 0 Å². The molecule has 0 aromatic heterocycles. The highest BCUT2D eigenvalue weighted by Crippen LogP contribution is 2.18. The molecule has 0 radical (unpaired) electrons. The highest BCUT2D eigenvalue weighted by atomic mass is 35.5. The van der Waals surface area contributed by atoms with Gasteiger partial charge in [0, 0.05) is 11.8 Å². The zero-order valence-electron chi connectivity index (χ0n) is 15.0. The Hall–Kier alpha value is -1.33. The van der Waals surface area contributed by atoms with Crippen LogP contribution in [-0.4, -0.2) is 13.2 Å². The summed E-state index contributed by atoms with van der Waals surface area (Å²) in [6.45, 7) is 3.71. The number of rotatable bonds is 14. The van der Waals surface area contributed by atoms with E-state index < -0.39 is 0 Å². The minimum atomic E-state index is 0.657. The second-order valence-corrected chi connectivity index (χ2v) is 6.21. The maximum atomic E-state index is 5.78. The normalized spacial score (nSPS) is 10.1. The SMILES string of the molecule is CCCCCCCCCCOc1ccc(OCCCC#CCl)cc1. The number of hydrogen-bond donors (Lipinski definition) is 0. The Morgan fingerprint density at radius 3 is 1.79 bits per heavy atom. The average Bonchev–Trinajstić information content (AvgIpc) is 2.61. The summed E-state index contributed by atoms with van der Waals surface area (Å²) < 4.78 is 11.4. The van der Waals surface area contributed by atoms with E-state index in [0.29, 0.717) is 6.61 Å². The lowest BCUT2D eigenvalue weighted by atomic mass is 10.1. The molecule has 0 N–H and O–H groups in total. The number of benzene rings is 1. The molecule has 0 heterocycles. The molecule has 1 aromatic rings. The average molecular weight is 351 g/mol. The van der Waals surface area contributed by atoms with Crippen LogP contribution in [0.5, 0.6) is 11.5 Å². The molecule has 0 aliphatic heterocycles. The van der Waals surface area contributed by atoms with Crippen LogP contribution >= 0.6 is 11.6 Å². The second kappa shape index (κ2) is 15.2. The van der Waals surface area contributed by atoms with Crippen LogP contribution in [0.2, 0.25) is 0 Å². The summed E-state index contributed by atoms with van der Waals surface area (Å²) in [5.74, 6) is 4.59. The number of ether oxygens (including phenoxy) is 2. The van der Waals surface area contributed by atoms with Gasteiger partial charge in [-0.15, -0.1) is 0 Å². The van der Waals surface area contributed by atoms with Gasteiger partial charge in [-0.3, -0.25) is 0 Å². The van der Waals surface area contributed by atoms with Crippen molar-refractivity contribution in [3.8, 4) is 22.8 Å². The first-order valence-electron chi connectivity index (χ1n) is 9.31. The fourth-order valence-electron chi connectivity index (χ4n) is 2.46. The molecule has 0 amide bonds. The Morgan fingerprint density at radius 1 is 0.750 bits per heavy atom. The minimum absolute atomic E-state index is 0.657. The fraction of sp³-hybridized carbons (Fsp3) is 0.619. The third-order valence-electron chi connectivity index (χ3n) is 3.87. The van der Waals surface area contributed by atoms with E-state index in [4.69, 9.17) is 21.1 Å². The van der Waals surface area contributed by atoms with E-state index in [1.54, 1.807) is 0 Å². The van der Waals surface area contributed by atoms with Gasteiger partial charge in [-0.2, -0.15) is 0 Å². The van der Waals surface area contributed by atoms with Crippen molar-refractivity contribution in [2.45, 2.75) is 71.1 Å². The van der Waals surface area contributed by atoms with E-state index in [2.05, 4.69) is 18.2 Å². The topological polar surface area (TPSA) is 18.5 Å². The molecule has 0 spiro atoms. The van der Waals surface area contributed by atoms with Gasteiger partial charge in [-0.25, -0.2) is 0 Å². The van der Waals surface area contributed by atoms with Crippen LogP contribution in [0, 0.1) is 11.3 Å². The third-order valence-corrected chi connectivity index (χ3v) is 4.01. The first-order chi connectivity index (χ1) is 11.9. The van der Waals surface area contributed by atoms with Crippen LogP contribution in [0.1, 0.15) is 71.1 Å². The predicted octanol–water partition coefficient (Wildman–Crippen LogP) is 6.56. The quantitative estimate of drug-likeness (QED) is 0.279. The van der Waals surface area contributed by atoms with Gasteiger partial charge >= 0.3 is 0 Å². The van der Waals surface area contributed by atoms with Gasteiger partial charge in [0.25, 0.3) is 0 Å². The second-order valence-electron chi connectivity index (χ2n) is 6.02.